The number of thiophene rings is 1. The lowest BCUT2D eigenvalue weighted by molar-refractivity contribution is -0.130. The van der Waals surface area contributed by atoms with Crippen molar-refractivity contribution in [1.82, 2.24) is 14.6 Å². The van der Waals surface area contributed by atoms with Gasteiger partial charge in [0.1, 0.15) is 11.2 Å². The van der Waals surface area contributed by atoms with Crippen LogP contribution in [-0.4, -0.2) is 39.0 Å². The predicted octanol–water partition coefficient (Wildman–Crippen LogP) is 2.99. The number of nitrogens with zero attached hydrogens (tertiary/aromatic N) is 3. The number of aromatic nitrogens is 2. The van der Waals surface area contributed by atoms with E-state index in [9.17, 15) is 14.4 Å². The van der Waals surface area contributed by atoms with Crippen LogP contribution in [0.3, 0.4) is 0 Å². The van der Waals surface area contributed by atoms with Gasteiger partial charge in [-0.05, 0) is 18.4 Å². The Morgan fingerprint density at radius 2 is 1.90 bits per heavy atom. The van der Waals surface area contributed by atoms with Gasteiger partial charge in [0.2, 0.25) is 11.8 Å². The molecule has 1 unspecified atom stereocenters. The fourth-order valence-electron chi connectivity index (χ4n) is 4.53. The highest BCUT2D eigenvalue weighted by Crippen LogP contribution is 2.31. The third-order valence-corrected chi connectivity index (χ3v) is 6.99. The first-order valence-electron chi connectivity index (χ1n) is 10.3. The summed E-state index contributed by atoms with van der Waals surface area (Å²) < 4.78 is 1.15. The molecule has 2 aliphatic rings. The van der Waals surface area contributed by atoms with Crippen LogP contribution in [0.2, 0.25) is 0 Å². The highest BCUT2D eigenvalue weighted by Gasteiger charge is 2.38. The fraction of sp³-hybridized carbons (Fsp3) is 0.364. The predicted molar refractivity (Wildman–Crippen MR) is 116 cm³/mol. The number of benzene rings is 1. The summed E-state index contributed by atoms with van der Waals surface area (Å²) in [6.45, 7) is 0.424. The van der Waals surface area contributed by atoms with Gasteiger partial charge < -0.3 is 4.90 Å². The van der Waals surface area contributed by atoms with Crippen LogP contribution in [0.25, 0.3) is 21.3 Å². The smallest absolute Gasteiger partial charge is 0.281 e. The minimum atomic E-state index is -0.447. The molecule has 7 nitrogen and oxygen atoms in total. The first-order chi connectivity index (χ1) is 14.6. The average Bonchev–Trinajstić information content (AvgIpc) is 3.50. The van der Waals surface area contributed by atoms with Crippen LogP contribution in [0.4, 0.5) is 0 Å². The summed E-state index contributed by atoms with van der Waals surface area (Å²) in [6, 6.07) is 9.91. The molecular weight excluding hydrogens is 400 g/mol. The van der Waals surface area contributed by atoms with Gasteiger partial charge in [-0.15, -0.1) is 11.3 Å². The maximum Gasteiger partial charge on any atom is 0.281 e. The number of likely N-dealkylation sites (tertiary alicyclic amines) is 1. The van der Waals surface area contributed by atoms with Crippen molar-refractivity contribution in [2.24, 2.45) is 5.92 Å². The van der Waals surface area contributed by atoms with E-state index < -0.39 is 5.92 Å². The molecule has 5 rings (SSSR count). The average molecular weight is 423 g/mol. The molecule has 0 bridgehead atoms. The topological polar surface area (TPSA) is 84.3 Å². The van der Waals surface area contributed by atoms with E-state index in [1.54, 1.807) is 0 Å². The van der Waals surface area contributed by atoms with Gasteiger partial charge in [-0.3, -0.25) is 19.8 Å². The number of hydrogen-bond donors (Lipinski definition) is 1. The Balaban J connectivity index is 1.39. The van der Waals surface area contributed by atoms with Crippen molar-refractivity contribution in [2.45, 2.75) is 38.1 Å². The molecule has 30 heavy (non-hydrogen) atoms. The Labute approximate surface area is 177 Å². The molecule has 1 saturated heterocycles. The van der Waals surface area contributed by atoms with Gasteiger partial charge >= 0.3 is 0 Å². The summed E-state index contributed by atoms with van der Waals surface area (Å²) in [5.41, 5.74) is 4.10. The van der Waals surface area contributed by atoms with Crippen molar-refractivity contribution in [1.29, 1.82) is 0 Å². The standard InChI is InChI=1S/C22H22N4O3S/c27-18-10-15(11-25(18)16-8-4-5-9-16)20(28)24-26-13-23-21-19(22(26)29)17(12-30-21)14-6-2-1-3-7-14/h1-3,6-7,12-13,15-16H,4-5,8-11H2,(H,24,28). The maximum absolute atomic E-state index is 13.1. The normalized spacial score (nSPS) is 19.7. The van der Waals surface area contributed by atoms with Crippen LogP contribution >= 0.6 is 11.3 Å². The second kappa shape index (κ2) is 7.68. The zero-order valence-corrected chi connectivity index (χ0v) is 17.2. The Hall–Kier alpha value is -3.00. The van der Waals surface area contributed by atoms with Crippen LogP contribution in [-0.2, 0) is 9.59 Å². The molecule has 0 spiro atoms. The van der Waals surface area contributed by atoms with Crippen molar-refractivity contribution in [3.05, 3.63) is 52.4 Å². The molecule has 2 amide bonds. The number of amides is 2. The van der Waals surface area contributed by atoms with Gasteiger partial charge in [-0.1, -0.05) is 43.2 Å². The number of nitrogens with one attached hydrogen (secondary N) is 1. The van der Waals surface area contributed by atoms with Gasteiger partial charge in [0.25, 0.3) is 5.56 Å². The molecule has 3 heterocycles. The van der Waals surface area contributed by atoms with E-state index in [-0.39, 0.29) is 29.8 Å². The highest BCUT2D eigenvalue weighted by molar-refractivity contribution is 7.17. The van der Waals surface area contributed by atoms with Crippen molar-refractivity contribution in [3.8, 4) is 11.1 Å². The molecule has 2 fully saturated rings. The van der Waals surface area contributed by atoms with E-state index in [4.69, 9.17) is 0 Å². The molecular formula is C22H22N4O3S. The van der Waals surface area contributed by atoms with Gasteiger partial charge in [-0.25, -0.2) is 9.66 Å². The molecule has 2 aromatic heterocycles. The summed E-state index contributed by atoms with van der Waals surface area (Å²) in [5.74, 6) is -0.729. The second-order valence-corrected chi connectivity index (χ2v) is 8.83. The third kappa shape index (κ3) is 3.31. The molecule has 1 saturated carbocycles. The summed E-state index contributed by atoms with van der Waals surface area (Å²) in [4.78, 5) is 45.2. The molecule has 3 aromatic rings. The summed E-state index contributed by atoms with van der Waals surface area (Å²) in [6.07, 6.45) is 5.84. The van der Waals surface area contributed by atoms with Gasteiger partial charge in [-0.2, -0.15) is 0 Å². The summed E-state index contributed by atoms with van der Waals surface area (Å²) >= 11 is 1.40. The van der Waals surface area contributed by atoms with E-state index in [1.165, 1.54) is 17.7 Å². The van der Waals surface area contributed by atoms with E-state index in [2.05, 4.69) is 10.4 Å². The van der Waals surface area contributed by atoms with Gasteiger partial charge in [0.05, 0.1) is 11.3 Å². The third-order valence-electron chi connectivity index (χ3n) is 6.10. The van der Waals surface area contributed by atoms with Crippen LogP contribution in [0, 0.1) is 5.92 Å². The molecule has 1 aliphatic carbocycles. The Morgan fingerprint density at radius 3 is 2.67 bits per heavy atom. The number of rotatable bonds is 4. The molecule has 1 aromatic carbocycles. The second-order valence-electron chi connectivity index (χ2n) is 7.98. The minimum absolute atomic E-state index is 0.0344. The number of fused-ring (bicyclic) bond motifs is 1. The maximum atomic E-state index is 13.1. The lowest BCUT2D eigenvalue weighted by Gasteiger charge is -2.23. The Kier molecular flexibility index (Phi) is 4.86. The monoisotopic (exact) mass is 422 g/mol. The van der Waals surface area contributed by atoms with Gasteiger partial charge in [0.15, 0.2) is 0 Å². The van der Waals surface area contributed by atoms with E-state index in [0.717, 1.165) is 41.5 Å². The van der Waals surface area contributed by atoms with Crippen LogP contribution < -0.4 is 11.0 Å². The largest absolute Gasteiger partial charge is 0.339 e. The lowest BCUT2D eigenvalue weighted by Crippen LogP contribution is -2.39. The molecule has 154 valence electrons. The Morgan fingerprint density at radius 1 is 1.13 bits per heavy atom. The lowest BCUT2D eigenvalue weighted by atomic mass is 10.1. The fourth-order valence-corrected chi connectivity index (χ4v) is 5.43. The van der Waals surface area contributed by atoms with Crippen LogP contribution in [0.1, 0.15) is 32.1 Å². The number of carbonyl (C=O) groups is 2. The van der Waals surface area contributed by atoms with Crippen molar-refractivity contribution < 1.29 is 9.59 Å². The Bertz CT molecular complexity index is 1160. The molecule has 1 N–H and O–H groups in total. The first kappa shape index (κ1) is 19.0. The van der Waals surface area contributed by atoms with Crippen LogP contribution in [0.15, 0.2) is 46.8 Å². The van der Waals surface area contributed by atoms with E-state index in [1.807, 2.05) is 40.6 Å². The van der Waals surface area contributed by atoms with Crippen molar-refractivity contribution >= 4 is 33.4 Å². The minimum Gasteiger partial charge on any atom is -0.339 e. The zero-order valence-electron chi connectivity index (χ0n) is 16.4. The molecule has 8 heteroatoms. The van der Waals surface area contributed by atoms with Crippen molar-refractivity contribution in [3.63, 3.8) is 0 Å². The number of carbonyl (C=O) groups excluding carboxylic acids is 2. The first-order valence-corrected chi connectivity index (χ1v) is 11.1. The molecule has 1 atom stereocenters. The highest BCUT2D eigenvalue weighted by atomic mass is 32.1. The molecule has 0 radical (unpaired) electrons. The number of hydrogen-bond acceptors (Lipinski definition) is 5. The summed E-state index contributed by atoms with van der Waals surface area (Å²) in [5, 5.41) is 2.40. The SMILES string of the molecule is O=C(Nn1cnc2scc(-c3ccccc3)c2c1=O)C1CC(=O)N(C2CCCC2)C1. The summed E-state index contributed by atoms with van der Waals surface area (Å²) in [7, 11) is 0. The van der Waals surface area contributed by atoms with E-state index >= 15 is 0 Å². The quantitative estimate of drug-likeness (QED) is 0.701. The zero-order chi connectivity index (χ0) is 20.7. The van der Waals surface area contributed by atoms with Crippen LogP contribution in [0.5, 0.6) is 0 Å². The van der Waals surface area contributed by atoms with E-state index in [0.29, 0.717) is 16.8 Å². The van der Waals surface area contributed by atoms with Crippen molar-refractivity contribution in [2.75, 3.05) is 12.0 Å². The van der Waals surface area contributed by atoms with Gasteiger partial charge in [0, 0.05) is 30.0 Å². The molecule has 1 aliphatic heterocycles.